The standard InChI is InChI=1S/C21H30N6O2S/c1-15(2)18-14-22-27-20(23-16-7-9-17(10-8-16)30(6,28)29)13-19(24-21(18)27)26(5)12-11-25(3)4/h7-10,13-15,23H,11-12H2,1-6H3. The molecular formula is C21H30N6O2S. The van der Waals surface area contributed by atoms with Gasteiger partial charge in [-0.1, -0.05) is 13.8 Å². The monoisotopic (exact) mass is 430 g/mol. The summed E-state index contributed by atoms with van der Waals surface area (Å²) in [5.41, 5.74) is 2.67. The van der Waals surface area contributed by atoms with E-state index in [0.717, 1.165) is 41.6 Å². The van der Waals surface area contributed by atoms with Crippen LogP contribution in [-0.2, 0) is 9.84 Å². The first-order valence-corrected chi connectivity index (χ1v) is 11.8. The molecule has 1 N–H and O–H groups in total. The Balaban J connectivity index is 2.01. The van der Waals surface area contributed by atoms with Crippen LogP contribution in [0.3, 0.4) is 0 Å². The molecule has 9 heteroatoms. The summed E-state index contributed by atoms with van der Waals surface area (Å²) in [5.74, 6) is 1.91. The first kappa shape index (κ1) is 22.0. The molecule has 0 unspecified atom stereocenters. The summed E-state index contributed by atoms with van der Waals surface area (Å²) in [7, 11) is 2.89. The van der Waals surface area contributed by atoms with Crippen molar-refractivity contribution in [3.05, 3.63) is 42.1 Å². The van der Waals surface area contributed by atoms with Crippen molar-refractivity contribution >= 4 is 32.8 Å². The van der Waals surface area contributed by atoms with Gasteiger partial charge in [0.2, 0.25) is 0 Å². The maximum absolute atomic E-state index is 11.7. The third-order valence-corrected chi connectivity index (χ3v) is 6.06. The highest BCUT2D eigenvalue weighted by Gasteiger charge is 2.16. The van der Waals surface area contributed by atoms with E-state index in [2.05, 4.69) is 34.1 Å². The summed E-state index contributed by atoms with van der Waals surface area (Å²) < 4.78 is 25.2. The number of likely N-dealkylation sites (N-methyl/N-ethyl adjacent to an activating group) is 2. The molecule has 162 valence electrons. The number of nitrogens with one attached hydrogen (secondary N) is 1. The largest absolute Gasteiger partial charge is 0.358 e. The molecule has 0 aliphatic heterocycles. The van der Waals surface area contributed by atoms with Crippen LogP contribution in [0.2, 0.25) is 0 Å². The van der Waals surface area contributed by atoms with Crippen molar-refractivity contribution in [3.8, 4) is 0 Å². The van der Waals surface area contributed by atoms with Crippen LogP contribution >= 0.6 is 0 Å². The van der Waals surface area contributed by atoms with Crippen LogP contribution in [0.4, 0.5) is 17.3 Å². The molecule has 3 rings (SSSR count). The van der Waals surface area contributed by atoms with Gasteiger partial charge in [-0.2, -0.15) is 9.61 Å². The summed E-state index contributed by atoms with van der Waals surface area (Å²) in [4.78, 5) is 9.42. The van der Waals surface area contributed by atoms with Gasteiger partial charge in [-0.3, -0.25) is 0 Å². The molecular weight excluding hydrogens is 400 g/mol. The molecule has 0 saturated carbocycles. The molecule has 0 radical (unpaired) electrons. The Morgan fingerprint density at radius 2 is 1.77 bits per heavy atom. The highest BCUT2D eigenvalue weighted by molar-refractivity contribution is 7.90. The fraction of sp³-hybridized carbons (Fsp3) is 0.429. The Labute approximate surface area is 178 Å². The molecule has 8 nitrogen and oxygen atoms in total. The summed E-state index contributed by atoms with van der Waals surface area (Å²) in [6, 6.07) is 8.67. The van der Waals surface area contributed by atoms with Crippen LogP contribution in [0.5, 0.6) is 0 Å². The molecule has 30 heavy (non-hydrogen) atoms. The van der Waals surface area contributed by atoms with E-state index in [4.69, 9.17) is 4.98 Å². The highest BCUT2D eigenvalue weighted by atomic mass is 32.2. The molecule has 0 amide bonds. The fourth-order valence-corrected chi connectivity index (χ4v) is 3.69. The Morgan fingerprint density at radius 3 is 2.33 bits per heavy atom. The molecule has 3 aromatic rings. The maximum Gasteiger partial charge on any atom is 0.175 e. The average molecular weight is 431 g/mol. The van der Waals surface area contributed by atoms with E-state index in [1.54, 1.807) is 28.8 Å². The lowest BCUT2D eigenvalue weighted by Crippen LogP contribution is -2.29. The Morgan fingerprint density at radius 1 is 1.10 bits per heavy atom. The van der Waals surface area contributed by atoms with Crippen molar-refractivity contribution in [3.63, 3.8) is 0 Å². The molecule has 0 aliphatic carbocycles. The van der Waals surface area contributed by atoms with Crippen molar-refractivity contribution in [1.82, 2.24) is 19.5 Å². The molecule has 0 bridgehead atoms. The van der Waals surface area contributed by atoms with Crippen LogP contribution in [0.1, 0.15) is 25.3 Å². The van der Waals surface area contributed by atoms with Crippen LogP contribution in [0, 0.1) is 0 Å². The third kappa shape index (κ3) is 4.91. The van der Waals surface area contributed by atoms with E-state index >= 15 is 0 Å². The van der Waals surface area contributed by atoms with E-state index < -0.39 is 9.84 Å². The average Bonchev–Trinajstić information content (AvgIpc) is 3.10. The van der Waals surface area contributed by atoms with Gasteiger partial charge < -0.3 is 15.1 Å². The topological polar surface area (TPSA) is 82.8 Å². The number of nitrogens with zero attached hydrogens (tertiary/aromatic N) is 5. The number of hydrogen-bond acceptors (Lipinski definition) is 7. The Kier molecular flexibility index (Phi) is 6.33. The van der Waals surface area contributed by atoms with Crippen LogP contribution in [0.25, 0.3) is 5.65 Å². The second kappa shape index (κ2) is 8.61. The number of anilines is 3. The van der Waals surface area contributed by atoms with Crippen molar-refractivity contribution in [2.24, 2.45) is 0 Å². The first-order chi connectivity index (χ1) is 14.1. The van der Waals surface area contributed by atoms with Gasteiger partial charge in [0.25, 0.3) is 0 Å². The van der Waals surface area contributed by atoms with Gasteiger partial charge in [-0.05, 0) is 44.3 Å². The molecule has 0 aliphatic rings. The van der Waals surface area contributed by atoms with Gasteiger partial charge in [-0.25, -0.2) is 13.4 Å². The second-order valence-electron chi connectivity index (χ2n) is 8.14. The van der Waals surface area contributed by atoms with Crippen molar-refractivity contribution in [2.45, 2.75) is 24.7 Å². The van der Waals surface area contributed by atoms with E-state index in [-0.39, 0.29) is 0 Å². The van der Waals surface area contributed by atoms with Crippen molar-refractivity contribution in [2.75, 3.05) is 50.7 Å². The smallest absolute Gasteiger partial charge is 0.175 e. The quantitative estimate of drug-likeness (QED) is 0.588. The lowest BCUT2D eigenvalue weighted by atomic mass is 10.1. The van der Waals surface area contributed by atoms with Gasteiger partial charge in [0.15, 0.2) is 15.5 Å². The number of rotatable bonds is 8. The lowest BCUT2D eigenvalue weighted by molar-refractivity contribution is 0.416. The van der Waals surface area contributed by atoms with E-state index in [1.165, 1.54) is 6.26 Å². The first-order valence-electron chi connectivity index (χ1n) is 9.88. The van der Waals surface area contributed by atoms with Crippen molar-refractivity contribution in [1.29, 1.82) is 0 Å². The normalized spacial score (nSPS) is 12.1. The lowest BCUT2D eigenvalue weighted by Gasteiger charge is -2.22. The minimum atomic E-state index is -3.23. The summed E-state index contributed by atoms with van der Waals surface area (Å²) in [6.45, 7) is 6.00. The number of hydrogen-bond donors (Lipinski definition) is 1. The SMILES string of the molecule is CC(C)c1cnn2c(Nc3ccc(S(C)(=O)=O)cc3)cc(N(C)CCN(C)C)nc12. The second-order valence-corrected chi connectivity index (χ2v) is 10.2. The fourth-order valence-electron chi connectivity index (χ4n) is 3.06. The number of aromatic nitrogens is 3. The Bertz CT molecular complexity index is 1120. The Hall–Kier alpha value is -2.65. The summed E-state index contributed by atoms with van der Waals surface area (Å²) in [5, 5.41) is 7.90. The predicted molar refractivity (Wildman–Crippen MR) is 122 cm³/mol. The molecule has 0 spiro atoms. The van der Waals surface area contributed by atoms with Gasteiger partial charge in [-0.15, -0.1) is 0 Å². The van der Waals surface area contributed by atoms with E-state index in [0.29, 0.717) is 10.8 Å². The minimum Gasteiger partial charge on any atom is -0.358 e. The van der Waals surface area contributed by atoms with E-state index in [9.17, 15) is 8.42 Å². The molecule has 0 atom stereocenters. The van der Waals surface area contributed by atoms with E-state index in [1.807, 2.05) is 33.4 Å². The third-order valence-electron chi connectivity index (χ3n) is 4.94. The van der Waals surface area contributed by atoms with Gasteiger partial charge in [0.1, 0.15) is 11.6 Å². The zero-order valence-electron chi connectivity index (χ0n) is 18.4. The maximum atomic E-state index is 11.7. The number of sulfone groups is 1. The summed E-state index contributed by atoms with van der Waals surface area (Å²) in [6.07, 6.45) is 3.06. The van der Waals surface area contributed by atoms with Gasteiger partial charge in [0.05, 0.1) is 11.1 Å². The molecule has 0 fully saturated rings. The molecule has 0 saturated heterocycles. The molecule has 1 aromatic carbocycles. The predicted octanol–water partition coefficient (Wildman–Crippen LogP) is 3.00. The summed E-state index contributed by atoms with van der Waals surface area (Å²) >= 11 is 0. The van der Waals surface area contributed by atoms with Gasteiger partial charge >= 0.3 is 0 Å². The van der Waals surface area contributed by atoms with Crippen LogP contribution in [0.15, 0.2) is 41.4 Å². The highest BCUT2D eigenvalue weighted by Crippen LogP contribution is 2.27. The molecule has 2 aromatic heterocycles. The zero-order chi connectivity index (χ0) is 22.1. The van der Waals surface area contributed by atoms with Gasteiger partial charge in [0, 0.05) is 43.7 Å². The zero-order valence-corrected chi connectivity index (χ0v) is 19.2. The number of benzene rings is 1. The number of fused-ring (bicyclic) bond motifs is 1. The van der Waals surface area contributed by atoms with Crippen LogP contribution < -0.4 is 10.2 Å². The minimum absolute atomic E-state index is 0.290. The van der Waals surface area contributed by atoms with Crippen LogP contribution in [-0.4, -0.2) is 68.4 Å². The molecule has 2 heterocycles. The van der Waals surface area contributed by atoms with Crippen molar-refractivity contribution < 1.29 is 8.42 Å².